The number of hydrogen-bond acceptors (Lipinski definition) is 4. The molecule has 5 nitrogen and oxygen atoms in total. The van der Waals surface area contributed by atoms with Crippen molar-refractivity contribution in [1.29, 1.82) is 0 Å². The number of aromatic nitrogens is 2. The summed E-state index contributed by atoms with van der Waals surface area (Å²) in [6.07, 6.45) is 2.04. The van der Waals surface area contributed by atoms with Crippen LogP contribution in [0.25, 0.3) is 0 Å². The van der Waals surface area contributed by atoms with Gasteiger partial charge < -0.3 is 10.2 Å². The van der Waals surface area contributed by atoms with Gasteiger partial charge in [0.05, 0.1) is 0 Å². The summed E-state index contributed by atoms with van der Waals surface area (Å²) in [6.45, 7) is 9.05. The van der Waals surface area contributed by atoms with Gasteiger partial charge in [-0.15, -0.1) is 10.2 Å². The second-order valence-corrected chi connectivity index (χ2v) is 6.28. The first-order chi connectivity index (χ1) is 11.4. The molecule has 0 spiro atoms. The van der Waals surface area contributed by atoms with Gasteiger partial charge in [-0.3, -0.25) is 4.79 Å². The lowest BCUT2D eigenvalue weighted by atomic mass is 10.1. The van der Waals surface area contributed by atoms with Gasteiger partial charge in [0, 0.05) is 19.3 Å². The van der Waals surface area contributed by atoms with Crippen molar-refractivity contribution in [2.75, 3.05) is 18.9 Å². The van der Waals surface area contributed by atoms with E-state index < -0.39 is 0 Å². The molecule has 1 aromatic carbocycles. The summed E-state index contributed by atoms with van der Waals surface area (Å²) in [6, 6.07) is 7.78. The van der Waals surface area contributed by atoms with Gasteiger partial charge in [0.2, 0.25) is 0 Å². The summed E-state index contributed by atoms with van der Waals surface area (Å²) in [4.78, 5) is 14.0. The first-order valence-electron chi connectivity index (χ1n) is 8.36. The molecule has 0 bridgehead atoms. The van der Waals surface area contributed by atoms with E-state index in [1.54, 1.807) is 24.1 Å². The number of carbonyl (C=O) groups excluding carboxylic acids is 1. The normalized spacial score (nSPS) is 10.5. The van der Waals surface area contributed by atoms with Crippen LogP contribution in [0.5, 0.6) is 0 Å². The lowest BCUT2D eigenvalue weighted by molar-refractivity contribution is 0.0786. The number of nitrogens with one attached hydrogen (secondary N) is 1. The maximum Gasteiger partial charge on any atom is 0.274 e. The van der Waals surface area contributed by atoms with Gasteiger partial charge in [-0.05, 0) is 50.5 Å². The highest BCUT2D eigenvalue weighted by molar-refractivity contribution is 5.92. The SMILES string of the molecule is CCCCN(C)C(=O)c1ccc(Nc2c(C)cc(C)cc2C)nn1. The van der Waals surface area contributed by atoms with Gasteiger partial charge in [-0.2, -0.15) is 0 Å². The molecular weight excluding hydrogens is 300 g/mol. The van der Waals surface area contributed by atoms with Crippen molar-refractivity contribution in [3.63, 3.8) is 0 Å². The molecule has 1 amide bonds. The molecule has 2 rings (SSSR count). The largest absolute Gasteiger partial charge is 0.340 e. The van der Waals surface area contributed by atoms with Crippen LogP contribution < -0.4 is 5.32 Å². The number of aryl methyl sites for hydroxylation is 3. The Kier molecular flexibility index (Phi) is 5.90. The number of hydrogen-bond donors (Lipinski definition) is 1. The van der Waals surface area contributed by atoms with E-state index in [1.807, 2.05) is 0 Å². The fourth-order valence-electron chi connectivity index (χ4n) is 2.71. The molecule has 2 aromatic rings. The van der Waals surface area contributed by atoms with E-state index in [2.05, 4.69) is 55.3 Å². The Morgan fingerprint density at radius 1 is 1.12 bits per heavy atom. The quantitative estimate of drug-likeness (QED) is 0.871. The number of carbonyl (C=O) groups is 1. The van der Waals surface area contributed by atoms with Gasteiger partial charge in [0.15, 0.2) is 11.5 Å². The Hall–Kier alpha value is -2.43. The van der Waals surface area contributed by atoms with Crippen molar-refractivity contribution in [2.24, 2.45) is 0 Å². The second-order valence-electron chi connectivity index (χ2n) is 6.28. The minimum absolute atomic E-state index is 0.0924. The molecule has 0 saturated carbocycles. The van der Waals surface area contributed by atoms with Crippen LogP contribution in [-0.2, 0) is 0 Å². The van der Waals surface area contributed by atoms with Crippen LogP contribution in [0.2, 0.25) is 0 Å². The molecule has 0 aliphatic heterocycles. The molecule has 0 saturated heterocycles. The van der Waals surface area contributed by atoms with Crippen molar-refractivity contribution in [3.8, 4) is 0 Å². The smallest absolute Gasteiger partial charge is 0.274 e. The number of rotatable bonds is 6. The van der Waals surface area contributed by atoms with Gasteiger partial charge in [-0.25, -0.2) is 0 Å². The van der Waals surface area contributed by atoms with Crippen LogP contribution in [-0.4, -0.2) is 34.6 Å². The van der Waals surface area contributed by atoms with E-state index in [0.29, 0.717) is 11.5 Å². The molecule has 0 unspecified atom stereocenters. The Morgan fingerprint density at radius 2 is 1.79 bits per heavy atom. The molecule has 24 heavy (non-hydrogen) atoms. The zero-order valence-corrected chi connectivity index (χ0v) is 15.2. The zero-order chi connectivity index (χ0) is 17.7. The van der Waals surface area contributed by atoms with Gasteiger partial charge >= 0.3 is 0 Å². The highest BCUT2D eigenvalue weighted by atomic mass is 16.2. The van der Waals surface area contributed by atoms with Gasteiger partial charge in [0.25, 0.3) is 5.91 Å². The fourth-order valence-corrected chi connectivity index (χ4v) is 2.71. The number of anilines is 2. The van der Waals surface area contributed by atoms with Crippen molar-refractivity contribution in [2.45, 2.75) is 40.5 Å². The van der Waals surface area contributed by atoms with E-state index in [1.165, 1.54) is 5.56 Å². The molecule has 0 aliphatic carbocycles. The molecule has 0 radical (unpaired) electrons. The Labute approximate surface area is 144 Å². The van der Waals surface area contributed by atoms with Gasteiger partial charge in [-0.1, -0.05) is 31.0 Å². The summed E-state index contributed by atoms with van der Waals surface area (Å²) in [5.41, 5.74) is 4.96. The lowest BCUT2D eigenvalue weighted by Crippen LogP contribution is -2.28. The number of benzene rings is 1. The number of unbranched alkanes of at least 4 members (excludes halogenated alkanes) is 1. The Balaban J connectivity index is 2.11. The Morgan fingerprint density at radius 3 is 2.33 bits per heavy atom. The standard InChI is InChI=1S/C19H26N4O/c1-6-7-10-23(5)19(24)16-8-9-17(22-21-16)20-18-14(3)11-13(2)12-15(18)4/h8-9,11-12H,6-7,10H2,1-5H3,(H,20,22). The molecule has 1 heterocycles. The predicted molar refractivity (Wildman–Crippen MR) is 97.8 cm³/mol. The molecule has 5 heteroatoms. The molecule has 0 atom stereocenters. The van der Waals surface area contributed by atoms with Crippen molar-refractivity contribution < 1.29 is 4.79 Å². The monoisotopic (exact) mass is 326 g/mol. The third-order valence-electron chi connectivity index (χ3n) is 4.01. The molecule has 1 N–H and O–H groups in total. The van der Waals surface area contributed by atoms with E-state index in [4.69, 9.17) is 0 Å². The first-order valence-corrected chi connectivity index (χ1v) is 8.36. The highest BCUT2D eigenvalue weighted by Crippen LogP contribution is 2.24. The van der Waals surface area contributed by atoms with Crippen LogP contribution in [0, 0.1) is 20.8 Å². The minimum atomic E-state index is -0.0924. The molecular formula is C19H26N4O. The van der Waals surface area contributed by atoms with E-state index in [9.17, 15) is 4.79 Å². The maximum absolute atomic E-state index is 12.3. The first kappa shape index (κ1) is 17.9. The topological polar surface area (TPSA) is 58.1 Å². The van der Waals surface area contributed by atoms with Crippen molar-refractivity contribution in [3.05, 3.63) is 46.6 Å². The number of nitrogens with zero attached hydrogens (tertiary/aromatic N) is 3. The van der Waals surface area contributed by atoms with E-state index in [0.717, 1.165) is 36.2 Å². The lowest BCUT2D eigenvalue weighted by Gasteiger charge is -2.16. The van der Waals surface area contributed by atoms with Gasteiger partial charge in [0.1, 0.15) is 0 Å². The second kappa shape index (κ2) is 7.90. The number of amides is 1. The molecule has 128 valence electrons. The molecule has 1 aromatic heterocycles. The summed E-state index contributed by atoms with van der Waals surface area (Å²) in [7, 11) is 1.80. The van der Waals surface area contributed by atoms with Crippen molar-refractivity contribution in [1.82, 2.24) is 15.1 Å². The van der Waals surface area contributed by atoms with E-state index >= 15 is 0 Å². The van der Waals surface area contributed by atoms with Crippen LogP contribution in [0.15, 0.2) is 24.3 Å². The third kappa shape index (κ3) is 4.31. The predicted octanol–water partition coefficient (Wildman–Crippen LogP) is 4.02. The molecule has 0 aliphatic rings. The van der Waals surface area contributed by atoms with Crippen LogP contribution in [0.3, 0.4) is 0 Å². The van der Waals surface area contributed by atoms with Crippen LogP contribution >= 0.6 is 0 Å². The highest BCUT2D eigenvalue weighted by Gasteiger charge is 2.13. The summed E-state index contributed by atoms with van der Waals surface area (Å²) in [5.74, 6) is 0.544. The average Bonchev–Trinajstić information content (AvgIpc) is 2.55. The average molecular weight is 326 g/mol. The zero-order valence-electron chi connectivity index (χ0n) is 15.2. The van der Waals surface area contributed by atoms with E-state index in [-0.39, 0.29) is 5.91 Å². The summed E-state index contributed by atoms with van der Waals surface area (Å²) < 4.78 is 0. The Bertz CT molecular complexity index is 687. The molecule has 0 fully saturated rings. The van der Waals surface area contributed by atoms with Crippen LogP contribution in [0.4, 0.5) is 11.5 Å². The minimum Gasteiger partial charge on any atom is -0.340 e. The summed E-state index contributed by atoms with van der Waals surface area (Å²) in [5, 5.41) is 11.5. The maximum atomic E-state index is 12.3. The summed E-state index contributed by atoms with van der Waals surface area (Å²) >= 11 is 0. The fraction of sp³-hybridized carbons (Fsp3) is 0.421. The third-order valence-corrected chi connectivity index (χ3v) is 4.01. The van der Waals surface area contributed by atoms with Crippen molar-refractivity contribution >= 4 is 17.4 Å². The van der Waals surface area contributed by atoms with Crippen LogP contribution in [0.1, 0.15) is 46.9 Å².